The van der Waals surface area contributed by atoms with Crippen LogP contribution < -0.4 is 0 Å². The Bertz CT molecular complexity index is 190. The Morgan fingerprint density at radius 2 is 1.86 bits per heavy atom. The molecule has 0 rings (SSSR count). The molecule has 82 valence electrons. The minimum atomic E-state index is -1.37. The zero-order valence-corrected chi connectivity index (χ0v) is 7.93. The molecule has 0 aromatic carbocycles. The first-order valence-electron chi connectivity index (χ1n) is 4.31. The average Bonchev–Trinajstić information content (AvgIpc) is 2.02. The minimum absolute atomic E-state index is 0.0483. The maximum absolute atomic E-state index is 10.2. The van der Waals surface area contributed by atoms with E-state index < -0.39 is 18.4 Å². The molecule has 2 N–H and O–H groups in total. The van der Waals surface area contributed by atoms with Crippen molar-refractivity contribution >= 4 is 12.3 Å². The maximum atomic E-state index is 10.2. The lowest BCUT2D eigenvalue weighted by atomic mass is 10.1. The fourth-order valence-corrected chi connectivity index (χ4v) is 1.00. The van der Waals surface area contributed by atoms with Gasteiger partial charge in [-0.15, -0.1) is 0 Å². The van der Waals surface area contributed by atoms with Crippen molar-refractivity contribution in [2.24, 2.45) is 0 Å². The Morgan fingerprint density at radius 1 is 1.21 bits per heavy atom. The molecule has 0 aliphatic carbocycles. The SMILES string of the molecule is CCCC(CCOC(=O)O)OC(=O)O. The Morgan fingerprint density at radius 3 is 2.29 bits per heavy atom. The van der Waals surface area contributed by atoms with Crippen molar-refractivity contribution in [2.45, 2.75) is 32.3 Å². The fourth-order valence-electron chi connectivity index (χ4n) is 1.00. The number of hydrogen-bond donors (Lipinski definition) is 2. The summed E-state index contributed by atoms with van der Waals surface area (Å²) in [5.74, 6) is 0. The first kappa shape index (κ1) is 12.5. The molecular formula is C8H14O6. The van der Waals surface area contributed by atoms with Gasteiger partial charge in [0, 0.05) is 6.42 Å². The molecule has 0 amide bonds. The zero-order chi connectivity index (χ0) is 11.0. The third kappa shape index (κ3) is 7.20. The molecule has 0 radical (unpaired) electrons. The highest BCUT2D eigenvalue weighted by Gasteiger charge is 2.13. The number of rotatable bonds is 6. The van der Waals surface area contributed by atoms with Gasteiger partial charge in [-0.05, 0) is 6.42 Å². The van der Waals surface area contributed by atoms with Crippen molar-refractivity contribution in [3.8, 4) is 0 Å². The van der Waals surface area contributed by atoms with Crippen LogP contribution in [0.5, 0.6) is 0 Å². The van der Waals surface area contributed by atoms with Gasteiger partial charge in [0.2, 0.25) is 0 Å². The number of carbonyl (C=O) groups is 2. The minimum Gasteiger partial charge on any atom is -0.450 e. The topological polar surface area (TPSA) is 93.1 Å². The van der Waals surface area contributed by atoms with E-state index in [1.54, 1.807) is 0 Å². The highest BCUT2D eigenvalue weighted by molar-refractivity contribution is 5.57. The average molecular weight is 206 g/mol. The van der Waals surface area contributed by atoms with Gasteiger partial charge >= 0.3 is 12.3 Å². The number of carboxylic acid groups (broad SMARTS) is 2. The van der Waals surface area contributed by atoms with Crippen molar-refractivity contribution in [1.82, 2.24) is 0 Å². The first-order chi connectivity index (χ1) is 6.56. The summed E-state index contributed by atoms with van der Waals surface area (Å²) in [7, 11) is 0. The summed E-state index contributed by atoms with van der Waals surface area (Å²) < 4.78 is 8.76. The van der Waals surface area contributed by atoms with Crippen LogP contribution in [0.4, 0.5) is 9.59 Å². The van der Waals surface area contributed by atoms with Gasteiger partial charge in [0.15, 0.2) is 0 Å². The zero-order valence-electron chi connectivity index (χ0n) is 7.93. The molecule has 6 heteroatoms. The molecule has 0 aliphatic rings. The molecule has 0 aliphatic heterocycles. The highest BCUT2D eigenvalue weighted by atomic mass is 16.7. The van der Waals surface area contributed by atoms with E-state index in [4.69, 9.17) is 10.2 Å². The summed E-state index contributed by atoms with van der Waals surface area (Å²) in [6.45, 7) is 1.84. The molecule has 6 nitrogen and oxygen atoms in total. The summed E-state index contributed by atoms with van der Waals surface area (Å²) in [4.78, 5) is 20.2. The van der Waals surface area contributed by atoms with E-state index in [1.807, 2.05) is 6.92 Å². The molecule has 0 heterocycles. The summed E-state index contributed by atoms with van der Waals surface area (Å²) in [6, 6.07) is 0. The van der Waals surface area contributed by atoms with Gasteiger partial charge in [-0.25, -0.2) is 9.59 Å². The molecular weight excluding hydrogens is 192 g/mol. The second kappa shape index (κ2) is 6.99. The van der Waals surface area contributed by atoms with E-state index in [1.165, 1.54) is 0 Å². The summed E-state index contributed by atoms with van der Waals surface area (Å²) in [5.41, 5.74) is 0. The van der Waals surface area contributed by atoms with Crippen molar-refractivity contribution in [3.63, 3.8) is 0 Å². The molecule has 0 aromatic heterocycles. The Labute approximate surface area is 81.4 Å². The highest BCUT2D eigenvalue weighted by Crippen LogP contribution is 2.07. The van der Waals surface area contributed by atoms with Crippen LogP contribution in [0.2, 0.25) is 0 Å². The molecule has 0 bridgehead atoms. The third-order valence-electron chi connectivity index (χ3n) is 1.54. The molecule has 0 fully saturated rings. The molecule has 0 saturated carbocycles. The Balaban J connectivity index is 3.72. The van der Waals surface area contributed by atoms with Crippen LogP contribution in [0.1, 0.15) is 26.2 Å². The van der Waals surface area contributed by atoms with E-state index in [9.17, 15) is 9.59 Å². The lowest BCUT2D eigenvalue weighted by Gasteiger charge is -2.13. The van der Waals surface area contributed by atoms with Crippen LogP contribution in [-0.4, -0.2) is 35.2 Å². The quantitative estimate of drug-likeness (QED) is 0.645. The lowest BCUT2D eigenvalue weighted by Crippen LogP contribution is -2.19. The van der Waals surface area contributed by atoms with Gasteiger partial charge in [-0.3, -0.25) is 0 Å². The summed E-state index contributed by atoms with van der Waals surface area (Å²) in [5, 5.41) is 16.5. The molecule has 14 heavy (non-hydrogen) atoms. The van der Waals surface area contributed by atoms with E-state index in [-0.39, 0.29) is 13.0 Å². The molecule has 1 atom stereocenters. The largest absolute Gasteiger partial charge is 0.506 e. The van der Waals surface area contributed by atoms with Crippen LogP contribution in [0, 0.1) is 0 Å². The smallest absolute Gasteiger partial charge is 0.450 e. The summed E-state index contributed by atoms with van der Waals surface area (Å²) in [6.07, 6.45) is -1.61. The van der Waals surface area contributed by atoms with Gasteiger partial charge in [-0.2, -0.15) is 0 Å². The number of hydrogen-bond acceptors (Lipinski definition) is 4. The predicted molar refractivity (Wildman–Crippen MR) is 46.4 cm³/mol. The Kier molecular flexibility index (Phi) is 6.26. The van der Waals surface area contributed by atoms with Gasteiger partial charge in [0.1, 0.15) is 6.10 Å². The van der Waals surface area contributed by atoms with Crippen molar-refractivity contribution in [3.05, 3.63) is 0 Å². The standard InChI is InChI=1S/C8H14O6/c1-2-3-6(14-8(11)12)4-5-13-7(9)10/h6H,2-5H2,1H3,(H,9,10)(H,11,12). The lowest BCUT2D eigenvalue weighted by molar-refractivity contribution is 0.0287. The van der Waals surface area contributed by atoms with E-state index in [0.717, 1.165) is 6.42 Å². The van der Waals surface area contributed by atoms with Crippen LogP contribution in [-0.2, 0) is 9.47 Å². The van der Waals surface area contributed by atoms with Crippen LogP contribution in [0.15, 0.2) is 0 Å². The van der Waals surface area contributed by atoms with E-state index >= 15 is 0 Å². The van der Waals surface area contributed by atoms with Crippen molar-refractivity contribution < 1.29 is 29.3 Å². The second-order valence-corrected chi connectivity index (χ2v) is 2.70. The van der Waals surface area contributed by atoms with Gasteiger partial charge in [0.25, 0.3) is 0 Å². The molecule has 0 spiro atoms. The predicted octanol–water partition coefficient (Wildman–Crippen LogP) is 1.93. The summed E-state index contributed by atoms with van der Waals surface area (Å²) >= 11 is 0. The van der Waals surface area contributed by atoms with E-state index in [2.05, 4.69) is 9.47 Å². The third-order valence-corrected chi connectivity index (χ3v) is 1.54. The maximum Gasteiger partial charge on any atom is 0.506 e. The molecule has 0 aromatic rings. The van der Waals surface area contributed by atoms with Crippen molar-refractivity contribution in [1.29, 1.82) is 0 Å². The van der Waals surface area contributed by atoms with Crippen LogP contribution in [0.3, 0.4) is 0 Å². The fraction of sp³-hybridized carbons (Fsp3) is 0.750. The van der Waals surface area contributed by atoms with Crippen LogP contribution in [0.25, 0.3) is 0 Å². The second-order valence-electron chi connectivity index (χ2n) is 2.70. The van der Waals surface area contributed by atoms with Gasteiger partial charge in [-0.1, -0.05) is 13.3 Å². The van der Waals surface area contributed by atoms with Crippen molar-refractivity contribution in [2.75, 3.05) is 6.61 Å². The normalized spacial score (nSPS) is 11.8. The molecule has 1 unspecified atom stereocenters. The number of ether oxygens (including phenoxy) is 2. The Hall–Kier alpha value is -1.46. The molecule has 0 saturated heterocycles. The van der Waals surface area contributed by atoms with Gasteiger partial charge < -0.3 is 19.7 Å². The first-order valence-corrected chi connectivity index (χ1v) is 4.31. The van der Waals surface area contributed by atoms with Gasteiger partial charge in [0.05, 0.1) is 6.61 Å². The van der Waals surface area contributed by atoms with E-state index in [0.29, 0.717) is 6.42 Å². The van der Waals surface area contributed by atoms with Crippen LogP contribution >= 0.6 is 0 Å². The monoisotopic (exact) mass is 206 g/mol.